The first-order valence-corrected chi connectivity index (χ1v) is 7.45. The van der Waals surface area contributed by atoms with E-state index in [0.29, 0.717) is 13.2 Å². The third kappa shape index (κ3) is 3.67. The van der Waals surface area contributed by atoms with Gasteiger partial charge in [0.15, 0.2) is 12.4 Å². The van der Waals surface area contributed by atoms with Gasteiger partial charge in [0, 0.05) is 20.5 Å². The Morgan fingerprint density at radius 1 is 1.36 bits per heavy atom. The molecule has 0 amide bonds. The van der Waals surface area contributed by atoms with Gasteiger partial charge in [0.25, 0.3) is 5.97 Å². The van der Waals surface area contributed by atoms with Crippen molar-refractivity contribution in [2.75, 3.05) is 13.2 Å². The number of esters is 1. The second-order valence-corrected chi connectivity index (χ2v) is 5.37. The summed E-state index contributed by atoms with van der Waals surface area (Å²) in [4.78, 5) is 11.3. The van der Waals surface area contributed by atoms with Gasteiger partial charge in [0.05, 0.1) is 12.7 Å². The van der Waals surface area contributed by atoms with Gasteiger partial charge >= 0.3 is 5.97 Å². The number of fused-ring (bicyclic) bond motifs is 1. The van der Waals surface area contributed by atoms with Crippen LogP contribution >= 0.6 is 0 Å². The van der Waals surface area contributed by atoms with E-state index in [4.69, 9.17) is 28.4 Å². The summed E-state index contributed by atoms with van der Waals surface area (Å²) in [6, 6.07) is 0. The van der Waals surface area contributed by atoms with Gasteiger partial charge in [-0.15, -0.1) is 6.58 Å². The highest BCUT2D eigenvalue weighted by Gasteiger charge is 2.58. The van der Waals surface area contributed by atoms with Crippen LogP contribution in [0, 0.1) is 0 Å². The van der Waals surface area contributed by atoms with Crippen LogP contribution in [0.3, 0.4) is 0 Å². The standard InChI is InChI=1S/C15H24O7/c1-6-8-17-14-13-12(21-15(5,22-13)18-7-2)11(9(3)19-14)20-10(4)16/h6,9,11-14H,1,7-8H2,2-5H3/t9-,11-,12+,13+,14+,15?/m0/s1. The van der Waals surface area contributed by atoms with Gasteiger partial charge in [-0.2, -0.15) is 0 Å². The zero-order valence-corrected chi connectivity index (χ0v) is 13.4. The molecule has 2 saturated heterocycles. The number of carbonyl (C=O) groups is 1. The van der Waals surface area contributed by atoms with Crippen LogP contribution in [0.25, 0.3) is 0 Å². The second-order valence-electron chi connectivity index (χ2n) is 5.37. The zero-order chi connectivity index (χ0) is 16.3. The predicted octanol–water partition coefficient (Wildman–Crippen LogP) is 1.36. The Labute approximate surface area is 130 Å². The average molecular weight is 316 g/mol. The Balaban J connectivity index is 2.19. The summed E-state index contributed by atoms with van der Waals surface area (Å²) in [5.41, 5.74) is 0. The molecule has 2 fully saturated rings. The molecule has 2 heterocycles. The molecule has 2 aliphatic rings. The van der Waals surface area contributed by atoms with E-state index in [0.717, 1.165) is 0 Å². The zero-order valence-electron chi connectivity index (χ0n) is 13.4. The van der Waals surface area contributed by atoms with Gasteiger partial charge in [0.2, 0.25) is 0 Å². The summed E-state index contributed by atoms with van der Waals surface area (Å²) in [7, 11) is 0. The fraction of sp³-hybridized carbons (Fsp3) is 0.800. The Hall–Kier alpha value is -0.990. The van der Waals surface area contributed by atoms with Crippen molar-refractivity contribution in [2.24, 2.45) is 0 Å². The maximum Gasteiger partial charge on any atom is 0.303 e. The van der Waals surface area contributed by atoms with Crippen LogP contribution in [0.2, 0.25) is 0 Å². The lowest BCUT2D eigenvalue weighted by molar-refractivity contribution is -0.335. The Morgan fingerprint density at radius 2 is 2.05 bits per heavy atom. The van der Waals surface area contributed by atoms with Gasteiger partial charge < -0.3 is 28.4 Å². The van der Waals surface area contributed by atoms with Crippen LogP contribution < -0.4 is 0 Å². The van der Waals surface area contributed by atoms with E-state index in [-0.39, 0.29) is 0 Å². The van der Waals surface area contributed by atoms with Crippen molar-refractivity contribution in [3.05, 3.63) is 12.7 Å². The van der Waals surface area contributed by atoms with Crippen molar-refractivity contribution in [3.8, 4) is 0 Å². The maximum absolute atomic E-state index is 11.3. The SMILES string of the molecule is C=CCO[C@@H]1O[C@@H](C)[C@H](OC(C)=O)[C@H]2OC(C)(OCC)O[C@@H]12. The number of hydrogen-bond donors (Lipinski definition) is 0. The van der Waals surface area contributed by atoms with Crippen LogP contribution in [0.1, 0.15) is 27.7 Å². The van der Waals surface area contributed by atoms with E-state index in [1.54, 1.807) is 19.9 Å². The molecule has 2 aliphatic heterocycles. The number of carbonyl (C=O) groups excluding carboxylic acids is 1. The highest BCUT2D eigenvalue weighted by Crippen LogP contribution is 2.39. The van der Waals surface area contributed by atoms with Crippen molar-refractivity contribution in [3.63, 3.8) is 0 Å². The molecular formula is C15H24O7. The number of hydrogen-bond acceptors (Lipinski definition) is 7. The lowest BCUT2D eigenvalue weighted by Gasteiger charge is -2.39. The molecule has 7 heteroatoms. The molecule has 0 radical (unpaired) electrons. The quantitative estimate of drug-likeness (QED) is 0.541. The Bertz CT molecular complexity index is 413. The first-order chi connectivity index (χ1) is 10.4. The summed E-state index contributed by atoms with van der Waals surface area (Å²) in [6.45, 7) is 11.0. The van der Waals surface area contributed by atoms with Gasteiger partial charge in [0.1, 0.15) is 12.2 Å². The normalized spacial score (nSPS) is 41.0. The lowest BCUT2D eigenvalue weighted by atomic mass is 10.00. The van der Waals surface area contributed by atoms with Crippen molar-refractivity contribution in [2.45, 2.75) is 64.4 Å². The van der Waals surface area contributed by atoms with E-state index in [9.17, 15) is 4.79 Å². The summed E-state index contributed by atoms with van der Waals surface area (Å²) in [5, 5.41) is 0. The highest BCUT2D eigenvalue weighted by molar-refractivity contribution is 5.66. The van der Waals surface area contributed by atoms with E-state index in [1.807, 2.05) is 6.92 Å². The van der Waals surface area contributed by atoms with Gasteiger partial charge in [-0.25, -0.2) is 0 Å². The Morgan fingerprint density at radius 3 is 2.64 bits per heavy atom. The minimum atomic E-state index is -1.22. The largest absolute Gasteiger partial charge is 0.457 e. The molecular weight excluding hydrogens is 292 g/mol. The molecule has 6 atom stereocenters. The van der Waals surface area contributed by atoms with E-state index >= 15 is 0 Å². The lowest BCUT2D eigenvalue weighted by Crippen LogP contribution is -2.57. The van der Waals surface area contributed by atoms with Crippen molar-refractivity contribution < 1.29 is 33.2 Å². The third-order valence-electron chi connectivity index (χ3n) is 3.51. The van der Waals surface area contributed by atoms with Crippen LogP contribution in [0.4, 0.5) is 0 Å². The predicted molar refractivity (Wildman–Crippen MR) is 75.8 cm³/mol. The van der Waals surface area contributed by atoms with Crippen LogP contribution in [-0.4, -0.2) is 55.9 Å². The molecule has 7 nitrogen and oxygen atoms in total. The fourth-order valence-electron chi connectivity index (χ4n) is 2.74. The van der Waals surface area contributed by atoms with E-state index in [1.165, 1.54) is 6.92 Å². The second kappa shape index (κ2) is 7.06. The van der Waals surface area contributed by atoms with Crippen molar-refractivity contribution in [1.29, 1.82) is 0 Å². The molecule has 2 rings (SSSR count). The molecule has 0 aromatic carbocycles. The fourth-order valence-corrected chi connectivity index (χ4v) is 2.74. The molecule has 126 valence electrons. The van der Waals surface area contributed by atoms with Crippen LogP contribution in [0.15, 0.2) is 12.7 Å². The minimum Gasteiger partial charge on any atom is -0.457 e. The minimum absolute atomic E-state index is 0.313. The van der Waals surface area contributed by atoms with Gasteiger partial charge in [-0.3, -0.25) is 4.79 Å². The van der Waals surface area contributed by atoms with Crippen LogP contribution in [-0.2, 0) is 33.2 Å². The smallest absolute Gasteiger partial charge is 0.303 e. The molecule has 0 N–H and O–H groups in total. The molecule has 0 saturated carbocycles. The maximum atomic E-state index is 11.3. The average Bonchev–Trinajstić information content (AvgIpc) is 2.78. The summed E-state index contributed by atoms with van der Waals surface area (Å²) in [6.07, 6.45) is -1.09. The van der Waals surface area contributed by atoms with E-state index in [2.05, 4.69) is 6.58 Å². The number of rotatable bonds is 6. The monoisotopic (exact) mass is 316 g/mol. The topological polar surface area (TPSA) is 72.5 Å². The van der Waals surface area contributed by atoms with E-state index < -0.39 is 42.6 Å². The van der Waals surface area contributed by atoms with Gasteiger partial charge in [-0.1, -0.05) is 6.08 Å². The molecule has 0 bridgehead atoms. The number of ether oxygens (including phenoxy) is 6. The molecule has 22 heavy (non-hydrogen) atoms. The molecule has 0 aliphatic carbocycles. The summed E-state index contributed by atoms with van der Waals surface area (Å²) < 4.78 is 34.0. The van der Waals surface area contributed by atoms with Crippen molar-refractivity contribution >= 4 is 5.97 Å². The van der Waals surface area contributed by atoms with Gasteiger partial charge in [-0.05, 0) is 13.8 Å². The van der Waals surface area contributed by atoms with Crippen LogP contribution in [0.5, 0.6) is 0 Å². The Kier molecular flexibility index (Phi) is 5.57. The summed E-state index contributed by atoms with van der Waals surface area (Å²) in [5.74, 6) is -1.62. The first-order valence-electron chi connectivity index (χ1n) is 7.45. The highest BCUT2D eigenvalue weighted by atomic mass is 16.9. The molecule has 0 aromatic heterocycles. The molecule has 0 spiro atoms. The molecule has 0 aromatic rings. The third-order valence-corrected chi connectivity index (χ3v) is 3.51. The first kappa shape index (κ1) is 17.4. The molecule has 1 unspecified atom stereocenters. The summed E-state index contributed by atoms with van der Waals surface area (Å²) >= 11 is 0. The van der Waals surface area contributed by atoms with Crippen molar-refractivity contribution in [1.82, 2.24) is 0 Å².